The van der Waals surface area contributed by atoms with E-state index in [0.717, 1.165) is 13.0 Å². The molecule has 4 nitrogen and oxygen atoms in total. The Morgan fingerprint density at radius 3 is 2.50 bits per heavy atom. The van der Waals surface area contributed by atoms with E-state index in [4.69, 9.17) is 5.26 Å². The molecule has 0 saturated carbocycles. The van der Waals surface area contributed by atoms with E-state index in [9.17, 15) is 4.79 Å². The third-order valence-electron chi connectivity index (χ3n) is 2.13. The first-order chi connectivity index (χ1) is 7.51. The van der Waals surface area contributed by atoms with Crippen molar-refractivity contribution in [2.45, 2.75) is 40.2 Å². The van der Waals surface area contributed by atoms with Crippen molar-refractivity contribution in [1.29, 1.82) is 5.26 Å². The van der Waals surface area contributed by atoms with Gasteiger partial charge in [0.15, 0.2) is 0 Å². The van der Waals surface area contributed by atoms with E-state index >= 15 is 0 Å². The van der Waals surface area contributed by atoms with Gasteiger partial charge in [-0.15, -0.1) is 0 Å². The van der Waals surface area contributed by atoms with E-state index in [1.54, 1.807) is 0 Å². The fourth-order valence-electron chi connectivity index (χ4n) is 0.949. The molecule has 0 aliphatic carbocycles. The van der Waals surface area contributed by atoms with Crippen molar-refractivity contribution in [2.24, 2.45) is 5.92 Å². The smallest absolute Gasteiger partial charge is 0.263 e. The minimum absolute atomic E-state index is 0.0920. The summed E-state index contributed by atoms with van der Waals surface area (Å²) in [5, 5.41) is 14.5. The lowest BCUT2D eigenvalue weighted by atomic mass is 10.2. The Balaban J connectivity index is 4.27. The molecule has 0 aromatic heterocycles. The van der Waals surface area contributed by atoms with E-state index in [1.807, 2.05) is 19.9 Å². The highest BCUT2D eigenvalue weighted by Crippen LogP contribution is 1.95. The number of rotatable bonds is 6. The van der Waals surface area contributed by atoms with Crippen molar-refractivity contribution >= 4 is 5.91 Å². The van der Waals surface area contributed by atoms with E-state index in [0.29, 0.717) is 5.92 Å². The monoisotopic (exact) mass is 223 g/mol. The molecular formula is C12H21N3O. The van der Waals surface area contributed by atoms with Crippen LogP contribution in [0.1, 0.15) is 34.1 Å². The van der Waals surface area contributed by atoms with Crippen molar-refractivity contribution in [3.63, 3.8) is 0 Å². The van der Waals surface area contributed by atoms with Gasteiger partial charge in [-0.1, -0.05) is 20.8 Å². The second-order valence-corrected chi connectivity index (χ2v) is 4.25. The van der Waals surface area contributed by atoms with Crippen LogP contribution in [0.2, 0.25) is 0 Å². The summed E-state index contributed by atoms with van der Waals surface area (Å²) in [6, 6.07) is 1.98. The van der Waals surface area contributed by atoms with E-state index in [-0.39, 0.29) is 17.5 Å². The van der Waals surface area contributed by atoms with Crippen LogP contribution in [0, 0.1) is 17.2 Å². The van der Waals surface area contributed by atoms with Gasteiger partial charge in [0.2, 0.25) is 0 Å². The van der Waals surface area contributed by atoms with Crippen molar-refractivity contribution in [1.82, 2.24) is 10.6 Å². The van der Waals surface area contributed by atoms with Crippen LogP contribution in [-0.2, 0) is 4.79 Å². The minimum atomic E-state index is -0.312. The van der Waals surface area contributed by atoms with Gasteiger partial charge in [-0.05, 0) is 19.3 Å². The number of carbonyl (C=O) groups excluding carboxylic acids is 1. The second kappa shape index (κ2) is 7.75. The number of amides is 1. The van der Waals surface area contributed by atoms with Gasteiger partial charge in [0, 0.05) is 18.8 Å². The van der Waals surface area contributed by atoms with Crippen molar-refractivity contribution in [3.05, 3.63) is 11.8 Å². The summed E-state index contributed by atoms with van der Waals surface area (Å²) in [4.78, 5) is 11.6. The first kappa shape index (κ1) is 14.5. The zero-order valence-corrected chi connectivity index (χ0v) is 10.5. The first-order valence-corrected chi connectivity index (χ1v) is 5.65. The summed E-state index contributed by atoms with van der Waals surface area (Å²) in [5.74, 6) is 0.168. The average molecular weight is 223 g/mol. The zero-order valence-electron chi connectivity index (χ0n) is 10.5. The molecule has 0 heterocycles. The van der Waals surface area contributed by atoms with Crippen LogP contribution in [0.15, 0.2) is 11.8 Å². The normalized spacial score (nSPS) is 13.1. The number of carbonyl (C=O) groups is 1. The van der Waals surface area contributed by atoms with Crippen LogP contribution < -0.4 is 10.6 Å². The summed E-state index contributed by atoms with van der Waals surface area (Å²) in [6.07, 6.45) is 2.33. The Morgan fingerprint density at radius 2 is 2.06 bits per heavy atom. The lowest BCUT2D eigenvalue weighted by molar-refractivity contribution is -0.117. The summed E-state index contributed by atoms with van der Waals surface area (Å²) in [5.41, 5.74) is 0.126. The van der Waals surface area contributed by atoms with Crippen LogP contribution in [0.25, 0.3) is 0 Å². The molecule has 0 aromatic carbocycles. The summed E-state index contributed by atoms with van der Waals surface area (Å²) in [7, 11) is 0. The highest BCUT2D eigenvalue weighted by Gasteiger charge is 2.10. The van der Waals surface area contributed by atoms with Crippen molar-refractivity contribution in [3.8, 4) is 6.07 Å². The third-order valence-corrected chi connectivity index (χ3v) is 2.13. The number of nitrogens with zero attached hydrogens (tertiary/aromatic N) is 1. The number of nitrogens with one attached hydrogen (secondary N) is 2. The molecule has 0 aliphatic rings. The average Bonchev–Trinajstić information content (AvgIpc) is 2.23. The highest BCUT2D eigenvalue weighted by atomic mass is 16.1. The molecule has 0 saturated heterocycles. The predicted octanol–water partition coefficient (Wildman–Crippen LogP) is 1.55. The first-order valence-electron chi connectivity index (χ1n) is 5.65. The summed E-state index contributed by atoms with van der Waals surface area (Å²) in [6.45, 7) is 8.77. The molecule has 0 aliphatic heterocycles. The van der Waals surface area contributed by atoms with Gasteiger partial charge in [-0.2, -0.15) is 5.26 Å². The molecule has 90 valence electrons. The van der Waals surface area contributed by atoms with Crippen LogP contribution >= 0.6 is 0 Å². The SMILES string of the molecule is CCC(C)NC(=O)/C(C#N)=C\NCC(C)C. The van der Waals surface area contributed by atoms with Gasteiger partial charge < -0.3 is 10.6 Å². The van der Waals surface area contributed by atoms with Crippen molar-refractivity contribution in [2.75, 3.05) is 6.54 Å². The van der Waals surface area contributed by atoms with Crippen LogP contribution in [0.3, 0.4) is 0 Å². The molecule has 0 fully saturated rings. The molecule has 4 heteroatoms. The van der Waals surface area contributed by atoms with Crippen molar-refractivity contribution < 1.29 is 4.79 Å². The molecule has 16 heavy (non-hydrogen) atoms. The van der Waals surface area contributed by atoms with Crippen LogP contribution in [0.5, 0.6) is 0 Å². The molecule has 1 amide bonds. The maximum absolute atomic E-state index is 11.6. The Morgan fingerprint density at radius 1 is 1.44 bits per heavy atom. The summed E-state index contributed by atoms with van der Waals surface area (Å²) >= 11 is 0. The van der Waals surface area contributed by atoms with Gasteiger partial charge in [-0.3, -0.25) is 4.79 Å². The van der Waals surface area contributed by atoms with Crippen LogP contribution in [-0.4, -0.2) is 18.5 Å². The molecule has 0 rings (SSSR count). The van der Waals surface area contributed by atoms with Gasteiger partial charge >= 0.3 is 0 Å². The Labute approximate surface area is 97.7 Å². The molecular weight excluding hydrogens is 202 g/mol. The standard InChI is InChI=1S/C12H21N3O/c1-5-10(4)15-12(16)11(6-13)8-14-7-9(2)3/h8-10,14H,5,7H2,1-4H3,(H,15,16)/b11-8-. The fraction of sp³-hybridized carbons (Fsp3) is 0.667. The largest absolute Gasteiger partial charge is 0.389 e. The second-order valence-electron chi connectivity index (χ2n) is 4.25. The topological polar surface area (TPSA) is 64.9 Å². The van der Waals surface area contributed by atoms with E-state index in [2.05, 4.69) is 24.5 Å². The van der Waals surface area contributed by atoms with Crippen LogP contribution in [0.4, 0.5) is 0 Å². The maximum Gasteiger partial charge on any atom is 0.263 e. The third kappa shape index (κ3) is 6.07. The maximum atomic E-state index is 11.6. The molecule has 0 radical (unpaired) electrons. The lowest BCUT2D eigenvalue weighted by Gasteiger charge is -2.10. The number of nitriles is 1. The van der Waals surface area contributed by atoms with Gasteiger partial charge in [-0.25, -0.2) is 0 Å². The Kier molecular flexibility index (Phi) is 7.02. The lowest BCUT2D eigenvalue weighted by Crippen LogP contribution is -2.33. The predicted molar refractivity (Wildman–Crippen MR) is 64.4 cm³/mol. The molecule has 0 aromatic rings. The molecule has 1 unspecified atom stereocenters. The summed E-state index contributed by atoms with van der Waals surface area (Å²) < 4.78 is 0. The van der Waals surface area contributed by atoms with Gasteiger partial charge in [0.1, 0.15) is 11.6 Å². The van der Waals surface area contributed by atoms with E-state index in [1.165, 1.54) is 6.20 Å². The van der Waals surface area contributed by atoms with Gasteiger partial charge in [0.05, 0.1) is 0 Å². The number of hydrogen-bond donors (Lipinski definition) is 2. The fourth-order valence-corrected chi connectivity index (χ4v) is 0.949. The van der Waals surface area contributed by atoms with Gasteiger partial charge in [0.25, 0.3) is 5.91 Å². The number of hydrogen-bond acceptors (Lipinski definition) is 3. The zero-order chi connectivity index (χ0) is 12.6. The highest BCUT2D eigenvalue weighted by molar-refractivity contribution is 5.97. The molecule has 0 bridgehead atoms. The minimum Gasteiger partial charge on any atom is -0.389 e. The van der Waals surface area contributed by atoms with E-state index < -0.39 is 0 Å². The Bertz CT molecular complexity index is 289. The quantitative estimate of drug-likeness (QED) is 0.530. The molecule has 0 spiro atoms. The Hall–Kier alpha value is -1.50. The molecule has 1 atom stereocenters. The molecule has 2 N–H and O–H groups in total.